The van der Waals surface area contributed by atoms with Crippen LogP contribution in [0.5, 0.6) is 0 Å². The molecule has 23 heavy (non-hydrogen) atoms. The lowest BCUT2D eigenvalue weighted by Crippen LogP contribution is -2.40. The molecule has 1 aliphatic heterocycles. The summed E-state index contributed by atoms with van der Waals surface area (Å²) in [5.41, 5.74) is 2.26. The Morgan fingerprint density at radius 1 is 1.48 bits per heavy atom. The predicted molar refractivity (Wildman–Crippen MR) is 91.5 cm³/mol. The Morgan fingerprint density at radius 2 is 2.35 bits per heavy atom. The number of nitrogens with zero attached hydrogens (tertiary/aromatic N) is 3. The lowest BCUT2D eigenvalue weighted by atomic mass is 10.1. The zero-order valence-corrected chi connectivity index (χ0v) is 14.4. The monoisotopic (exact) mass is 320 g/mol. The van der Waals surface area contributed by atoms with Gasteiger partial charge < -0.3 is 19.7 Å². The van der Waals surface area contributed by atoms with Crippen LogP contribution in [-0.4, -0.2) is 62.9 Å². The predicted octanol–water partition coefficient (Wildman–Crippen LogP) is 1.45. The summed E-state index contributed by atoms with van der Waals surface area (Å²) in [7, 11) is 3.52. The Balaban J connectivity index is 1.77. The van der Waals surface area contributed by atoms with Gasteiger partial charge in [0.1, 0.15) is 0 Å². The molecule has 1 N–H and O–H groups in total. The van der Waals surface area contributed by atoms with Gasteiger partial charge in [0.25, 0.3) is 0 Å². The van der Waals surface area contributed by atoms with E-state index >= 15 is 0 Å². The van der Waals surface area contributed by atoms with E-state index in [-0.39, 0.29) is 0 Å². The van der Waals surface area contributed by atoms with Crippen LogP contribution < -0.4 is 5.32 Å². The van der Waals surface area contributed by atoms with E-state index in [2.05, 4.69) is 33.2 Å². The molecule has 128 valence electrons. The van der Waals surface area contributed by atoms with E-state index in [1.807, 2.05) is 19.3 Å². The molecule has 6 nitrogen and oxygen atoms in total. The van der Waals surface area contributed by atoms with Crippen molar-refractivity contribution in [3.05, 3.63) is 29.6 Å². The Kier molecular flexibility index (Phi) is 7.29. The minimum atomic E-state index is 0.557. The van der Waals surface area contributed by atoms with E-state index in [0.29, 0.717) is 25.7 Å². The first-order chi connectivity index (χ1) is 11.2. The maximum absolute atomic E-state index is 5.64. The number of methoxy groups -OCH3 is 1. The van der Waals surface area contributed by atoms with Crippen LogP contribution >= 0.6 is 0 Å². The van der Waals surface area contributed by atoms with E-state index < -0.39 is 0 Å². The second kappa shape index (κ2) is 9.47. The number of rotatable bonds is 7. The van der Waals surface area contributed by atoms with Gasteiger partial charge in [-0.05, 0) is 25.0 Å². The molecule has 0 aromatic carbocycles. The van der Waals surface area contributed by atoms with Crippen LogP contribution in [0, 0.1) is 12.8 Å². The molecule has 1 aromatic heterocycles. The first kappa shape index (κ1) is 17.7. The van der Waals surface area contributed by atoms with Crippen molar-refractivity contribution in [3.63, 3.8) is 0 Å². The number of aryl methyl sites for hydroxylation is 1. The quantitative estimate of drug-likeness (QED) is 0.468. The standard InChI is InChI=1S/C17H28N4O2/c1-14-5-4-7-19-16(14)11-20-17(18-2)21-8-6-15(12-21)13-23-10-9-22-3/h4-5,7,15H,6,8-13H2,1-3H3,(H,18,20). The molecule has 1 fully saturated rings. The van der Waals surface area contributed by atoms with Crippen molar-refractivity contribution in [2.75, 3.05) is 47.1 Å². The molecule has 0 saturated carbocycles. The maximum atomic E-state index is 5.64. The van der Waals surface area contributed by atoms with Crippen LogP contribution in [0.3, 0.4) is 0 Å². The van der Waals surface area contributed by atoms with Gasteiger partial charge >= 0.3 is 0 Å². The fraction of sp³-hybridized carbons (Fsp3) is 0.647. The maximum Gasteiger partial charge on any atom is 0.193 e. The minimum absolute atomic E-state index is 0.557. The summed E-state index contributed by atoms with van der Waals surface area (Å²) in [4.78, 5) is 11.1. The number of likely N-dealkylation sites (tertiary alicyclic amines) is 1. The largest absolute Gasteiger partial charge is 0.382 e. The summed E-state index contributed by atoms with van der Waals surface area (Å²) in [6.45, 7) is 6.88. The lowest BCUT2D eigenvalue weighted by molar-refractivity contribution is 0.0536. The number of pyridine rings is 1. The van der Waals surface area contributed by atoms with Gasteiger partial charge in [0, 0.05) is 39.4 Å². The lowest BCUT2D eigenvalue weighted by Gasteiger charge is -2.22. The van der Waals surface area contributed by atoms with Crippen molar-refractivity contribution in [3.8, 4) is 0 Å². The fourth-order valence-corrected chi connectivity index (χ4v) is 2.75. The molecule has 0 spiro atoms. The first-order valence-electron chi connectivity index (χ1n) is 8.17. The van der Waals surface area contributed by atoms with Crippen molar-refractivity contribution in [1.29, 1.82) is 0 Å². The van der Waals surface area contributed by atoms with Crippen molar-refractivity contribution in [1.82, 2.24) is 15.2 Å². The highest BCUT2D eigenvalue weighted by Gasteiger charge is 2.24. The van der Waals surface area contributed by atoms with Gasteiger partial charge in [-0.25, -0.2) is 0 Å². The average molecular weight is 320 g/mol. The third kappa shape index (κ3) is 5.48. The molecule has 0 amide bonds. The third-order valence-electron chi connectivity index (χ3n) is 4.11. The molecule has 2 rings (SSSR count). The van der Waals surface area contributed by atoms with Gasteiger partial charge in [-0.1, -0.05) is 6.07 Å². The van der Waals surface area contributed by atoms with Crippen molar-refractivity contribution in [2.24, 2.45) is 10.9 Å². The highest BCUT2D eigenvalue weighted by molar-refractivity contribution is 5.80. The number of aliphatic imine (C=N–C) groups is 1. The van der Waals surface area contributed by atoms with Crippen LogP contribution in [0.1, 0.15) is 17.7 Å². The number of aromatic nitrogens is 1. The zero-order chi connectivity index (χ0) is 16.5. The summed E-state index contributed by atoms with van der Waals surface area (Å²) in [6.07, 6.45) is 2.96. The molecule has 0 bridgehead atoms. The van der Waals surface area contributed by atoms with Crippen molar-refractivity contribution >= 4 is 5.96 Å². The molecule has 6 heteroatoms. The van der Waals surface area contributed by atoms with Crippen LogP contribution in [0.15, 0.2) is 23.3 Å². The smallest absolute Gasteiger partial charge is 0.193 e. The molecular formula is C17H28N4O2. The van der Waals surface area contributed by atoms with Crippen molar-refractivity contribution < 1.29 is 9.47 Å². The molecule has 1 aliphatic rings. The number of nitrogens with one attached hydrogen (secondary N) is 1. The Labute approximate surface area is 138 Å². The third-order valence-corrected chi connectivity index (χ3v) is 4.11. The molecule has 1 atom stereocenters. The van der Waals surface area contributed by atoms with Crippen LogP contribution in [0.4, 0.5) is 0 Å². The number of hydrogen-bond donors (Lipinski definition) is 1. The number of guanidine groups is 1. The van der Waals surface area contributed by atoms with Crippen molar-refractivity contribution in [2.45, 2.75) is 19.9 Å². The summed E-state index contributed by atoms with van der Waals surface area (Å²) in [5.74, 6) is 1.50. The molecule has 1 aromatic rings. The topological polar surface area (TPSA) is 59.0 Å². The molecule has 0 aliphatic carbocycles. The molecule has 2 heterocycles. The van der Waals surface area contributed by atoms with Gasteiger partial charge in [-0.3, -0.25) is 9.98 Å². The highest BCUT2D eigenvalue weighted by Crippen LogP contribution is 2.16. The van der Waals surface area contributed by atoms with Gasteiger partial charge in [0.2, 0.25) is 0 Å². The Morgan fingerprint density at radius 3 is 3.09 bits per heavy atom. The van der Waals surface area contributed by atoms with Gasteiger partial charge in [0.15, 0.2) is 5.96 Å². The van der Waals surface area contributed by atoms with Crippen LogP contribution in [0.2, 0.25) is 0 Å². The molecule has 1 saturated heterocycles. The normalized spacial score (nSPS) is 18.5. The average Bonchev–Trinajstić information content (AvgIpc) is 3.02. The van der Waals surface area contributed by atoms with E-state index in [0.717, 1.165) is 37.8 Å². The minimum Gasteiger partial charge on any atom is -0.382 e. The summed E-state index contributed by atoms with van der Waals surface area (Å²) in [5, 5.41) is 3.42. The van der Waals surface area contributed by atoms with E-state index in [9.17, 15) is 0 Å². The molecule has 1 unspecified atom stereocenters. The van der Waals surface area contributed by atoms with Gasteiger partial charge in [-0.2, -0.15) is 0 Å². The van der Waals surface area contributed by atoms with E-state index in [1.54, 1.807) is 7.11 Å². The fourth-order valence-electron chi connectivity index (χ4n) is 2.75. The summed E-state index contributed by atoms with van der Waals surface area (Å²) >= 11 is 0. The number of ether oxygens (including phenoxy) is 2. The van der Waals surface area contributed by atoms with Crippen LogP contribution in [-0.2, 0) is 16.0 Å². The summed E-state index contributed by atoms with van der Waals surface area (Å²) < 4.78 is 10.6. The van der Waals surface area contributed by atoms with Gasteiger partial charge in [0.05, 0.1) is 32.1 Å². The SMILES string of the molecule is CN=C(NCc1ncccc1C)N1CCC(COCCOC)C1. The zero-order valence-electron chi connectivity index (χ0n) is 14.4. The second-order valence-electron chi connectivity index (χ2n) is 5.84. The highest BCUT2D eigenvalue weighted by atomic mass is 16.5. The second-order valence-corrected chi connectivity index (χ2v) is 5.84. The molecule has 0 radical (unpaired) electrons. The van der Waals surface area contributed by atoms with E-state index in [1.165, 1.54) is 5.56 Å². The first-order valence-corrected chi connectivity index (χ1v) is 8.17. The van der Waals surface area contributed by atoms with E-state index in [4.69, 9.17) is 9.47 Å². The Bertz CT molecular complexity index is 507. The summed E-state index contributed by atoms with van der Waals surface area (Å²) in [6, 6.07) is 4.04. The number of hydrogen-bond acceptors (Lipinski definition) is 4. The van der Waals surface area contributed by atoms with Crippen LogP contribution in [0.25, 0.3) is 0 Å². The molecular weight excluding hydrogens is 292 g/mol. The Hall–Kier alpha value is -1.66. The van der Waals surface area contributed by atoms with Gasteiger partial charge in [-0.15, -0.1) is 0 Å².